The number of para-hydroxylation sites is 1. The van der Waals surface area contributed by atoms with Crippen LogP contribution in [0.4, 0.5) is 5.69 Å². The minimum Gasteiger partial charge on any atom is -0.376 e. The van der Waals surface area contributed by atoms with Crippen molar-refractivity contribution in [1.29, 1.82) is 0 Å². The van der Waals surface area contributed by atoms with Crippen LogP contribution >= 0.6 is 11.8 Å². The second-order valence-electron chi connectivity index (χ2n) is 6.38. The van der Waals surface area contributed by atoms with Gasteiger partial charge in [-0.05, 0) is 44.7 Å². The van der Waals surface area contributed by atoms with Crippen molar-refractivity contribution in [2.24, 2.45) is 0 Å². The van der Waals surface area contributed by atoms with Crippen LogP contribution in [0.2, 0.25) is 0 Å². The smallest absolute Gasteiger partial charge is 0.234 e. The van der Waals surface area contributed by atoms with Crippen molar-refractivity contribution in [3.05, 3.63) is 35.2 Å². The molecule has 1 fully saturated rings. The van der Waals surface area contributed by atoms with E-state index >= 15 is 0 Å². The zero-order valence-electron chi connectivity index (χ0n) is 14.9. The molecule has 1 aromatic heterocycles. The fourth-order valence-electron chi connectivity index (χ4n) is 2.99. The van der Waals surface area contributed by atoms with Crippen molar-refractivity contribution in [2.75, 3.05) is 17.7 Å². The van der Waals surface area contributed by atoms with Crippen LogP contribution < -0.4 is 5.32 Å². The van der Waals surface area contributed by atoms with Gasteiger partial charge in [0.1, 0.15) is 5.82 Å². The van der Waals surface area contributed by atoms with Crippen molar-refractivity contribution in [3.63, 3.8) is 0 Å². The zero-order valence-corrected chi connectivity index (χ0v) is 15.7. The summed E-state index contributed by atoms with van der Waals surface area (Å²) in [6.45, 7) is 7.50. The standard InChI is InChI=1S/C18H24N4O2S/c1-12-6-4-7-13(2)17(12)19-16(23)11-25-18-21-20-14(3)22(18)10-15-8-5-9-24-15/h4,6-7,15H,5,8-11H2,1-3H3,(H,19,23)/t15-/m0/s1. The molecule has 1 amide bonds. The van der Waals surface area contributed by atoms with E-state index in [2.05, 4.69) is 15.5 Å². The Labute approximate surface area is 152 Å². The molecule has 1 aromatic carbocycles. The summed E-state index contributed by atoms with van der Waals surface area (Å²) < 4.78 is 7.75. The summed E-state index contributed by atoms with van der Waals surface area (Å²) in [6, 6.07) is 5.99. The van der Waals surface area contributed by atoms with Gasteiger partial charge in [0, 0.05) is 12.3 Å². The van der Waals surface area contributed by atoms with Crippen molar-refractivity contribution in [2.45, 2.75) is 51.4 Å². The maximum atomic E-state index is 12.3. The Balaban J connectivity index is 1.60. The number of amides is 1. The van der Waals surface area contributed by atoms with Gasteiger partial charge in [0.2, 0.25) is 5.91 Å². The Hall–Kier alpha value is -1.86. The number of hydrogen-bond acceptors (Lipinski definition) is 5. The number of hydrogen-bond donors (Lipinski definition) is 1. The molecule has 3 rings (SSSR count). The molecule has 2 heterocycles. The fraction of sp³-hybridized carbons (Fsp3) is 0.500. The highest BCUT2D eigenvalue weighted by molar-refractivity contribution is 7.99. The summed E-state index contributed by atoms with van der Waals surface area (Å²) in [5.74, 6) is 1.12. The minimum absolute atomic E-state index is 0.0354. The number of rotatable bonds is 6. The Bertz CT molecular complexity index is 733. The topological polar surface area (TPSA) is 69.0 Å². The Kier molecular flexibility index (Phi) is 5.75. The Morgan fingerprint density at radius 1 is 1.32 bits per heavy atom. The average Bonchev–Trinajstić information content (AvgIpc) is 3.21. The highest BCUT2D eigenvalue weighted by Crippen LogP contribution is 2.23. The first-order valence-electron chi connectivity index (χ1n) is 8.55. The first-order chi connectivity index (χ1) is 12.0. The maximum Gasteiger partial charge on any atom is 0.234 e. The highest BCUT2D eigenvalue weighted by atomic mass is 32.2. The molecular formula is C18H24N4O2S. The third-order valence-corrected chi connectivity index (χ3v) is 5.36. The molecule has 0 aliphatic carbocycles. The van der Waals surface area contributed by atoms with Gasteiger partial charge in [-0.3, -0.25) is 4.79 Å². The van der Waals surface area contributed by atoms with Crippen LogP contribution in [0.3, 0.4) is 0 Å². The van der Waals surface area contributed by atoms with E-state index in [1.807, 2.05) is 43.5 Å². The van der Waals surface area contributed by atoms with Gasteiger partial charge in [0.15, 0.2) is 5.16 Å². The van der Waals surface area contributed by atoms with Gasteiger partial charge in [0.25, 0.3) is 0 Å². The monoisotopic (exact) mass is 360 g/mol. The molecule has 2 aromatic rings. The summed E-state index contributed by atoms with van der Waals surface area (Å²) in [5, 5.41) is 12.1. The Morgan fingerprint density at radius 2 is 2.08 bits per heavy atom. The molecule has 25 heavy (non-hydrogen) atoms. The number of carbonyl (C=O) groups is 1. The average molecular weight is 360 g/mol. The first-order valence-corrected chi connectivity index (χ1v) is 9.53. The maximum absolute atomic E-state index is 12.3. The van der Waals surface area contributed by atoms with Crippen molar-refractivity contribution >= 4 is 23.4 Å². The van der Waals surface area contributed by atoms with E-state index < -0.39 is 0 Å². The number of carbonyl (C=O) groups excluding carboxylic acids is 1. The molecule has 1 saturated heterocycles. The van der Waals surface area contributed by atoms with Crippen molar-refractivity contribution < 1.29 is 9.53 Å². The Morgan fingerprint density at radius 3 is 2.76 bits per heavy atom. The number of benzene rings is 1. The SMILES string of the molecule is Cc1cccc(C)c1NC(=O)CSc1nnc(C)n1C[C@@H]1CCCO1. The summed E-state index contributed by atoms with van der Waals surface area (Å²) in [4.78, 5) is 12.3. The number of aryl methyl sites for hydroxylation is 3. The van der Waals surface area contributed by atoms with Gasteiger partial charge >= 0.3 is 0 Å². The largest absolute Gasteiger partial charge is 0.376 e. The molecule has 6 nitrogen and oxygen atoms in total. The lowest BCUT2D eigenvalue weighted by atomic mass is 10.1. The predicted molar refractivity (Wildman–Crippen MR) is 99.0 cm³/mol. The van der Waals surface area contributed by atoms with Gasteiger partial charge in [-0.25, -0.2) is 0 Å². The molecule has 7 heteroatoms. The third kappa shape index (κ3) is 4.41. The normalized spacial score (nSPS) is 17.0. The van der Waals surface area contributed by atoms with Gasteiger partial charge < -0.3 is 14.6 Å². The first kappa shape index (κ1) is 17.9. The van der Waals surface area contributed by atoms with Crippen LogP contribution in [0.15, 0.2) is 23.4 Å². The number of nitrogens with one attached hydrogen (secondary N) is 1. The van der Waals surface area contributed by atoms with Gasteiger partial charge in [-0.2, -0.15) is 0 Å². The second-order valence-corrected chi connectivity index (χ2v) is 7.32. The lowest BCUT2D eigenvalue weighted by molar-refractivity contribution is -0.113. The molecular weight excluding hydrogens is 336 g/mol. The number of nitrogens with zero attached hydrogens (tertiary/aromatic N) is 3. The molecule has 1 atom stereocenters. The molecule has 0 bridgehead atoms. The van der Waals surface area contributed by atoms with Crippen molar-refractivity contribution in [3.8, 4) is 0 Å². The zero-order chi connectivity index (χ0) is 17.8. The lowest BCUT2D eigenvalue weighted by Gasteiger charge is -2.14. The van der Waals surface area contributed by atoms with Crippen LogP contribution in [0.5, 0.6) is 0 Å². The van der Waals surface area contributed by atoms with Crippen molar-refractivity contribution in [1.82, 2.24) is 14.8 Å². The van der Waals surface area contributed by atoms with Crippen LogP contribution in [0, 0.1) is 20.8 Å². The summed E-state index contributed by atoms with van der Waals surface area (Å²) in [7, 11) is 0. The second kappa shape index (κ2) is 8.01. The van der Waals surface area contributed by atoms with Gasteiger partial charge in [0.05, 0.1) is 18.4 Å². The quantitative estimate of drug-likeness (QED) is 0.802. The van der Waals surface area contributed by atoms with E-state index in [1.165, 1.54) is 11.8 Å². The number of aromatic nitrogens is 3. The van der Waals surface area contributed by atoms with E-state index in [0.29, 0.717) is 5.75 Å². The summed E-state index contributed by atoms with van der Waals surface area (Å²) in [5.41, 5.74) is 3.02. The van der Waals surface area contributed by atoms with E-state index in [4.69, 9.17) is 4.74 Å². The molecule has 1 aliphatic heterocycles. The lowest BCUT2D eigenvalue weighted by Crippen LogP contribution is -2.18. The molecule has 1 aliphatic rings. The molecule has 0 spiro atoms. The van der Waals surface area contributed by atoms with Crippen LogP contribution in [0.1, 0.15) is 29.8 Å². The van der Waals surface area contributed by atoms with Crippen LogP contribution in [-0.4, -0.2) is 39.1 Å². The fourth-order valence-corrected chi connectivity index (χ4v) is 3.78. The third-order valence-electron chi connectivity index (χ3n) is 4.39. The van der Waals surface area contributed by atoms with Gasteiger partial charge in [-0.15, -0.1) is 10.2 Å². The molecule has 0 radical (unpaired) electrons. The van der Waals surface area contributed by atoms with Gasteiger partial charge in [-0.1, -0.05) is 30.0 Å². The number of thioether (sulfide) groups is 1. The number of ether oxygens (including phenoxy) is 1. The van der Waals surface area contributed by atoms with E-state index in [1.54, 1.807) is 0 Å². The molecule has 1 N–H and O–H groups in total. The summed E-state index contributed by atoms with van der Waals surface area (Å²) >= 11 is 1.41. The molecule has 134 valence electrons. The van der Waals surface area contributed by atoms with Crippen LogP contribution in [-0.2, 0) is 16.1 Å². The van der Waals surface area contributed by atoms with E-state index in [9.17, 15) is 4.79 Å². The van der Waals surface area contributed by atoms with Crippen LogP contribution in [0.25, 0.3) is 0 Å². The van der Waals surface area contributed by atoms with E-state index in [-0.39, 0.29) is 12.0 Å². The number of anilines is 1. The summed E-state index contributed by atoms with van der Waals surface area (Å²) in [6.07, 6.45) is 2.39. The van der Waals surface area contributed by atoms with E-state index in [0.717, 1.165) is 53.8 Å². The minimum atomic E-state index is -0.0354. The highest BCUT2D eigenvalue weighted by Gasteiger charge is 2.20. The molecule has 0 unspecified atom stereocenters. The molecule has 0 saturated carbocycles. The predicted octanol–water partition coefficient (Wildman–Crippen LogP) is 3.11.